The van der Waals surface area contributed by atoms with Gasteiger partial charge in [0.2, 0.25) is 0 Å². The molecule has 122 valence electrons. The highest BCUT2D eigenvalue weighted by Crippen LogP contribution is 2.25. The molecule has 1 aliphatic heterocycles. The summed E-state index contributed by atoms with van der Waals surface area (Å²) in [5, 5.41) is 8.28. The number of hydrogen-bond donors (Lipinski definition) is 1. The summed E-state index contributed by atoms with van der Waals surface area (Å²) < 4.78 is 1.40. The highest BCUT2D eigenvalue weighted by molar-refractivity contribution is 8.06. The number of benzene rings is 1. The van der Waals surface area contributed by atoms with Gasteiger partial charge in [-0.15, -0.1) is 0 Å². The maximum atomic E-state index is 12.4. The molecule has 23 heavy (non-hydrogen) atoms. The SMILES string of the molecule is O=c1c(Cl)c(NCC2CSCCS2)cnn1Cc1ccccc1. The number of hydrogen-bond acceptors (Lipinski definition) is 5. The Morgan fingerprint density at radius 1 is 1.30 bits per heavy atom. The van der Waals surface area contributed by atoms with Gasteiger partial charge in [0.25, 0.3) is 5.56 Å². The van der Waals surface area contributed by atoms with Crippen molar-refractivity contribution in [2.24, 2.45) is 0 Å². The van der Waals surface area contributed by atoms with Crippen molar-refractivity contribution in [1.82, 2.24) is 9.78 Å². The average molecular weight is 368 g/mol. The van der Waals surface area contributed by atoms with Crippen LogP contribution < -0.4 is 10.9 Å². The Bertz CT molecular complexity index is 702. The zero-order valence-corrected chi connectivity index (χ0v) is 15.0. The molecule has 7 heteroatoms. The van der Waals surface area contributed by atoms with Crippen LogP contribution in [0.25, 0.3) is 0 Å². The van der Waals surface area contributed by atoms with Crippen LogP contribution in [0.1, 0.15) is 5.56 Å². The molecule has 1 aromatic carbocycles. The van der Waals surface area contributed by atoms with Gasteiger partial charge in [-0.1, -0.05) is 41.9 Å². The largest absolute Gasteiger partial charge is 0.381 e. The van der Waals surface area contributed by atoms with Gasteiger partial charge in [0.05, 0.1) is 18.4 Å². The zero-order valence-electron chi connectivity index (χ0n) is 12.6. The molecule has 4 nitrogen and oxygen atoms in total. The monoisotopic (exact) mass is 367 g/mol. The molecule has 0 aliphatic carbocycles. The Balaban J connectivity index is 1.68. The van der Waals surface area contributed by atoms with Gasteiger partial charge in [-0.05, 0) is 5.56 Å². The minimum Gasteiger partial charge on any atom is -0.381 e. The smallest absolute Gasteiger partial charge is 0.287 e. The molecule has 2 aromatic rings. The molecule has 1 aliphatic rings. The maximum absolute atomic E-state index is 12.4. The lowest BCUT2D eigenvalue weighted by molar-refractivity contribution is 0.640. The first-order valence-corrected chi connectivity index (χ1v) is 10.0. The van der Waals surface area contributed by atoms with Crippen LogP contribution in [0.15, 0.2) is 41.3 Å². The minimum atomic E-state index is -0.258. The van der Waals surface area contributed by atoms with Crippen LogP contribution in [-0.4, -0.2) is 38.8 Å². The van der Waals surface area contributed by atoms with Crippen molar-refractivity contribution >= 4 is 40.8 Å². The Hall–Kier alpha value is -1.11. The molecular formula is C16H18ClN3OS2. The van der Waals surface area contributed by atoms with Crippen LogP contribution >= 0.6 is 35.1 Å². The molecule has 0 amide bonds. The standard InChI is InChI=1S/C16H18ClN3OS2/c17-15-14(18-8-13-11-22-6-7-23-13)9-19-20(16(15)21)10-12-4-2-1-3-5-12/h1-5,9,13,18H,6-8,10-11H2. The van der Waals surface area contributed by atoms with Gasteiger partial charge in [-0.2, -0.15) is 28.6 Å². The molecule has 1 atom stereocenters. The highest BCUT2D eigenvalue weighted by atomic mass is 35.5. The molecule has 1 saturated heterocycles. The van der Waals surface area contributed by atoms with E-state index in [0.717, 1.165) is 17.9 Å². The van der Waals surface area contributed by atoms with Gasteiger partial charge >= 0.3 is 0 Å². The third-order valence-corrected chi connectivity index (χ3v) is 6.78. The molecule has 1 fully saturated rings. The number of aromatic nitrogens is 2. The van der Waals surface area contributed by atoms with Crippen LogP contribution in [0, 0.1) is 0 Å². The second-order valence-corrected chi connectivity index (χ2v) is 8.21. The molecule has 0 bridgehead atoms. The van der Waals surface area contributed by atoms with E-state index in [9.17, 15) is 4.79 Å². The molecule has 1 unspecified atom stereocenters. The van der Waals surface area contributed by atoms with Crippen LogP contribution in [0.4, 0.5) is 5.69 Å². The van der Waals surface area contributed by atoms with Gasteiger partial charge < -0.3 is 5.32 Å². The van der Waals surface area contributed by atoms with Gasteiger partial charge in [0, 0.05) is 29.1 Å². The minimum absolute atomic E-state index is 0.212. The first-order valence-electron chi connectivity index (χ1n) is 7.47. The average Bonchev–Trinajstić information content (AvgIpc) is 2.60. The van der Waals surface area contributed by atoms with E-state index >= 15 is 0 Å². The first-order chi connectivity index (χ1) is 11.2. The van der Waals surface area contributed by atoms with E-state index in [2.05, 4.69) is 10.4 Å². The predicted molar refractivity (Wildman–Crippen MR) is 101 cm³/mol. The maximum Gasteiger partial charge on any atom is 0.287 e. The summed E-state index contributed by atoms with van der Waals surface area (Å²) in [6.45, 7) is 1.23. The lowest BCUT2D eigenvalue weighted by Gasteiger charge is -2.21. The Labute approximate surface area is 149 Å². The van der Waals surface area contributed by atoms with Crippen LogP contribution in [-0.2, 0) is 6.54 Å². The molecule has 1 N–H and O–H groups in total. The molecule has 0 radical (unpaired) electrons. The molecule has 1 aromatic heterocycles. The van der Waals surface area contributed by atoms with Crippen molar-refractivity contribution in [2.45, 2.75) is 11.8 Å². The molecule has 3 rings (SSSR count). The summed E-state index contributed by atoms with van der Waals surface area (Å²) >= 11 is 10.2. The quantitative estimate of drug-likeness (QED) is 0.879. The Morgan fingerprint density at radius 3 is 2.87 bits per heavy atom. The Morgan fingerprint density at radius 2 is 2.13 bits per heavy atom. The number of anilines is 1. The van der Waals surface area contributed by atoms with E-state index in [1.54, 1.807) is 6.20 Å². The van der Waals surface area contributed by atoms with Gasteiger partial charge in [0.15, 0.2) is 0 Å². The summed E-state index contributed by atoms with van der Waals surface area (Å²) in [7, 11) is 0. The summed E-state index contributed by atoms with van der Waals surface area (Å²) in [4.78, 5) is 12.4. The zero-order chi connectivity index (χ0) is 16.1. The third-order valence-electron chi connectivity index (χ3n) is 3.57. The van der Waals surface area contributed by atoms with E-state index < -0.39 is 0 Å². The number of thioether (sulfide) groups is 2. The third kappa shape index (κ3) is 4.46. The normalized spacial score (nSPS) is 17.9. The fourth-order valence-corrected chi connectivity index (χ4v) is 5.16. The van der Waals surface area contributed by atoms with Gasteiger partial charge in [0.1, 0.15) is 5.02 Å². The van der Waals surface area contributed by atoms with Crippen molar-refractivity contribution in [3.63, 3.8) is 0 Å². The van der Waals surface area contributed by atoms with Gasteiger partial charge in [-0.3, -0.25) is 4.79 Å². The number of nitrogens with zero attached hydrogens (tertiary/aromatic N) is 2. The molecular weight excluding hydrogens is 350 g/mol. The fraction of sp³-hybridized carbons (Fsp3) is 0.375. The summed E-state index contributed by atoms with van der Waals surface area (Å²) in [5.41, 5.74) is 1.39. The Kier molecular flexibility index (Phi) is 5.91. The number of nitrogens with one attached hydrogen (secondary N) is 1. The van der Waals surface area contributed by atoms with Crippen molar-refractivity contribution in [1.29, 1.82) is 0 Å². The number of rotatable bonds is 5. The van der Waals surface area contributed by atoms with E-state index in [4.69, 9.17) is 11.6 Å². The van der Waals surface area contributed by atoms with Crippen molar-refractivity contribution in [2.75, 3.05) is 29.1 Å². The lowest BCUT2D eigenvalue weighted by atomic mass is 10.2. The van der Waals surface area contributed by atoms with E-state index in [-0.39, 0.29) is 10.6 Å². The van der Waals surface area contributed by atoms with Crippen LogP contribution in [0.3, 0.4) is 0 Å². The molecule has 0 spiro atoms. The van der Waals surface area contributed by atoms with Crippen LogP contribution in [0.2, 0.25) is 5.02 Å². The van der Waals surface area contributed by atoms with E-state index in [1.807, 2.05) is 53.9 Å². The predicted octanol–water partition coefficient (Wildman–Crippen LogP) is 3.21. The summed E-state index contributed by atoms with van der Waals surface area (Å²) in [5.74, 6) is 3.54. The summed E-state index contributed by atoms with van der Waals surface area (Å²) in [6.07, 6.45) is 1.65. The highest BCUT2D eigenvalue weighted by Gasteiger charge is 2.15. The van der Waals surface area contributed by atoms with Crippen molar-refractivity contribution < 1.29 is 0 Å². The summed E-state index contributed by atoms with van der Waals surface area (Å²) in [6, 6.07) is 9.76. The van der Waals surface area contributed by atoms with Gasteiger partial charge in [-0.25, -0.2) is 4.68 Å². The molecule has 2 heterocycles. The molecule has 0 saturated carbocycles. The first kappa shape index (κ1) is 16.7. The fourth-order valence-electron chi connectivity index (χ4n) is 2.34. The van der Waals surface area contributed by atoms with E-state index in [0.29, 0.717) is 17.5 Å². The number of halogens is 1. The van der Waals surface area contributed by atoms with Crippen LogP contribution in [0.5, 0.6) is 0 Å². The lowest BCUT2D eigenvalue weighted by Crippen LogP contribution is -2.27. The van der Waals surface area contributed by atoms with Crippen molar-refractivity contribution in [3.8, 4) is 0 Å². The van der Waals surface area contributed by atoms with E-state index in [1.165, 1.54) is 16.2 Å². The second-order valence-electron chi connectivity index (χ2n) is 5.27. The topological polar surface area (TPSA) is 46.9 Å². The second kappa shape index (κ2) is 8.13. The van der Waals surface area contributed by atoms with Crippen molar-refractivity contribution in [3.05, 3.63) is 57.5 Å².